The molecule has 1 aromatic heterocycles. The molecule has 0 spiro atoms. The van der Waals surface area contributed by atoms with Crippen LogP contribution in [0.2, 0.25) is 5.02 Å². The summed E-state index contributed by atoms with van der Waals surface area (Å²) in [5, 5.41) is 6.15. The quantitative estimate of drug-likeness (QED) is 0.866. The molecule has 0 aliphatic carbocycles. The summed E-state index contributed by atoms with van der Waals surface area (Å²) < 4.78 is 1.41. The predicted octanol–water partition coefficient (Wildman–Crippen LogP) is 2.65. The van der Waals surface area contributed by atoms with Crippen LogP contribution in [0.3, 0.4) is 0 Å². The van der Waals surface area contributed by atoms with Crippen molar-refractivity contribution in [2.24, 2.45) is 0 Å². The Hall–Kier alpha value is -2.54. The lowest BCUT2D eigenvalue weighted by molar-refractivity contribution is -0.118. The number of imidazole rings is 1. The van der Waals surface area contributed by atoms with E-state index in [0.29, 0.717) is 22.8 Å². The van der Waals surface area contributed by atoms with Crippen molar-refractivity contribution in [3.05, 3.63) is 41.4 Å². The molecule has 2 aliphatic heterocycles. The molecule has 0 saturated carbocycles. The highest BCUT2D eigenvalue weighted by atomic mass is 35.5. The molecule has 2 aromatic rings. The maximum atomic E-state index is 12.5. The fraction of sp³-hybridized carbons (Fsp3) is 0.389. The fourth-order valence-corrected chi connectivity index (χ4v) is 3.80. The van der Waals surface area contributed by atoms with E-state index in [2.05, 4.69) is 20.5 Å². The van der Waals surface area contributed by atoms with E-state index in [0.717, 1.165) is 18.8 Å². The van der Waals surface area contributed by atoms with Gasteiger partial charge in [-0.05, 0) is 37.5 Å². The van der Waals surface area contributed by atoms with Gasteiger partial charge in [-0.15, -0.1) is 0 Å². The van der Waals surface area contributed by atoms with Gasteiger partial charge < -0.3 is 15.5 Å². The first kappa shape index (κ1) is 16.9. The molecule has 7 nitrogen and oxygen atoms in total. The number of carbonyl (C=O) groups is 2. The first-order valence-electron chi connectivity index (χ1n) is 8.79. The Morgan fingerprint density at radius 3 is 2.85 bits per heavy atom. The second-order valence-electron chi connectivity index (χ2n) is 6.66. The van der Waals surface area contributed by atoms with Crippen LogP contribution in [0.5, 0.6) is 0 Å². The van der Waals surface area contributed by atoms with Crippen LogP contribution in [0.15, 0.2) is 30.7 Å². The molecule has 2 aliphatic rings. The van der Waals surface area contributed by atoms with E-state index in [9.17, 15) is 9.59 Å². The smallest absolute Gasteiger partial charge is 0.327 e. The maximum Gasteiger partial charge on any atom is 0.327 e. The van der Waals surface area contributed by atoms with E-state index in [-0.39, 0.29) is 11.9 Å². The van der Waals surface area contributed by atoms with Gasteiger partial charge in [0.1, 0.15) is 12.4 Å². The largest absolute Gasteiger partial charge is 0.370 e. The molecule has 4 rings (SSSR count). The van der Waals surface area contributed by atoms with Crippen molar-refractivity contribution in [3.63, 3.8) is 0 Å². The Labute approximate surface area is 156 Å². The van der Waals surface area contributed by atoms with E-state index in [1.165, 1.54) is 30.2 Å². The molecule has 26 heavy (non-hydrogen) atoms. The Bertz CT molecular complexity index is 844. The Morgan fingerprint density at radius 2 is 2.08 bits per heavy atom. The van der Waals surface area contributed by atoms with Crippen molar-refractivity contribution in [2.75, 3.05) is 23.3 Å². The van der Waals surface area contributed by atoms with Crippen LogP contribution < -0.4 is 15.5 Å². The van der Waals surface area contributed by atoms with Gasteiger partial charge in [-0.2, -0.15) is 0 Å². The highest BCUT2D eigenvalue weighted by Gasteiger charge is 2.29. The third-order valence-corrected chi connectivity index (χ3v) is 5.18. The number of fused-ring (bicyclic) bond motifs is 1. The summed E-state index contributed by atoms with van der Waals surface area (Å²) >= 11 is 6.43. The minimum Gasteiger partial charge on any atom is -0.370 e. The molecule has 3 heterocycles. The van der Waals surface area contributed by atoms with Crippen LogP contribution in [0.1, 0.15) is 25.0 Å². The van der Waals surface area contributed by atoms with Gasteiger partial charge in [0, 0.05) is 37.1 Å². The number of anilines is 2. The number of hydrogen-bond acceptors (Lipinski definition) is 4. The van der Waals surface area contributed by atoms with Crippen LogP contribution in [-0.2, 0) is 11.2 Å². The highest BCUT2D eigenvalue weighted by molar-refractivity contribution is 6.33. The number of aromatic nitrogens is 2. The zero-order valence-corrected chi connectivity index (χ0v) is 15.0. The van der Waals surface area contributed by atoms with Crippen molar-refractivity contribution in [1.82, 2.24) is 14.9 Å². The van der Waals surface area contributed by atoms with Crippen LogP contribution in [0, 0.1) is 0 Å². The Balaban J connectivity index is 1.45. The van der Waals surface area contributed by atoms with Crippen molar-refractivity contribution in [2.45, 2.75) is 31.7 Å². The second kappa shape index (κ2) is 6.99. The van der Waals surface area contributed by atoms with Crippen molar-refractivity contribution in [3.8, 4) is 0 Å². The minimum atomic E-state index is -0.632. The zero-order valence-electron chi connectivity index (χ0n) is 14.2. The van der Waals surface area contributed by atoms with E-state index >= 15 is 0 Å². The first-order valence-corrected chi connectivity index (χ1v) is 9.17. The molecule has 0 radical (unpaired) electrons. The summed E-state index contributed by atoms with van der Waals surface area (Å²) in [6.07, 6.45) is 7.05. The van der Waals surface area contributed by atoms with Gasteiger partial charge in [-0.1, -0.05) is 11.6 Å². The molecule has 8 heteroatoms. The minimum absolute atomic E-state index is 0.271. The fourth-order valence-electron chi connectivity index (χ4n) is 3.50. The normalized spacial score (nSPS) is 19.7. The van der Waals surface area contributed by atoms with Gasteiger partial charge in [-0.3, -0.25) is 9.36 Å². The standard InChI is InChI=1S/C18H20ClN5O2/c19-14-8-12(4-5-16(14)23-6-2-1-3-7-23)21-17(25)15-9-13-10-20-11-24(13)18(26)22-15/h4-5,8,10-11,15H,1-3,6-7,9H2,(H,21,25)(H,22,26). The van der Waals surface area contributed by atoms with E-state index in [1.54, 1.807) is 12.3 Å². The van der Waals surface area contributed by atoms with Gasteiger partial charge in [0.25, 0.3) is 0 Å². The molecule has 2 amide bonds. The number of carbonyl (C=O) groups excluding carboxylic acids is 2. The third kappa shape index (κ3) is 3.26. The molecule has 2 N–H and O–H groups in total. The molecule has 1 saturated heterocycles. The third-order valence-electron chi connectivity index (χ3n) is 4.87. The lowest BCUT2D eigenvalue weighted by atomic mass is 10.1. The SMILES string of the molecule is O=C(Nc1ccc(N2CCCCC2)c(Cl)c1)C1Cc2cncn2C(=O)N1. The lowest BCUT2D eigenvalue weighted by Crippen LogP contribution is -2.50. The predicted molar refractivity (Wildman–Crippen MR) is 99.8 cm³/mol. The van der Waals surface area contributed by atoms with Gasteiger partial charge in [0.2, 0.25) is 5.91 Å². The summed E-state index contributed by atoms with van der Waals surface area (Å²) in [5.74, 6) is -0.271. The zero-order chi connectivity index (χ0) is 18.1. The molecule has 0 bridgehead atoms. The van der Waals surface area contributed by atoms with Crippen LogP contribution in [0.4, 0.5) is 16.2 Å². The average Bonchev–Trinajstić information content (AvgIpc) is 3.12. The molecule has 1 aromatic carbocycles. The summed E-state index contributed by atoms with van der Waals surface area (Å²) in [6.45, 7) is 2.01. The van der Waals surface area contributed by atoms with Crippen molar-refractivity contribution < 1.29 is 9.59 Å². The molecule has 1 atom stereocenters. The topological polar surface area (TPSA) is 79.3 Å². The van der Waals surface area contributed by atoms with Gasteiger partial charge >= 0.3 is 6.03 Å². The van der Waals surface area contributed by atoms with Gasteiger partial charge in [0.05, 0.1) is 10.7 Å². The number of nitrogens with one attached hydrogen (secondary N) is 2. The molecular weight excluding hydrogens is 354 g/mol. The number of halogens is 1. The van der Waals surface area contributed by atoms with Gasteiger partial charge in [-0.25, -0.2) is 9.78 Å². The monoisotopic (exact) mass is 373 g/mol. The summed E-state index contributed by atoms with van der Waals surface area (Å²) in [7, 11) is 0. The number of amides is 2. The maximum absolute atomic E-state index is 12.5. The van der Waals surface area contributed by atoms with E-state index in [1.807, 2.05) is 12.1 Å². The molecule has 1 unspecified atom stereocenters. The van der Waals surface area contributed by atoms with Crippen molar-refractivity contribution >= 4 is 34.9 Å². The Kier molecular flexibility index (Phi) is 4.55. The summed E-state index contributed by atoms with van der Waals surface area (Å²) in [5.41, 5.74) is 2.33. The van der Waals surface area contributed by atoms with Crippen LogP contribution >= 0.6 is 11.6 Å². The summed E-state index contributed by atoms with van der Waals surface area (Å²) in [4.78, 5) is 30.8. The lowest BCUT2D eigenvalue weighted by Gasteiger charge is -2.29. The number of hydrogen-bond donors (Lipinski definition) is 2. The molecular formula is C18H20ClN5O2. The van der Waals surface area contributed by atoms with E-state index in [4.69, 9.17) is 11.6 Å². The average molecular weight is 374 g/mol. The Morgan fingerprint density at radius 1 is 1.27 bits per heavy atom. The number of nitrogens with zero attached hydrogens (tertiary/aromatic N) is 3. The second-order valence-corrected chi connectivity index (χ2v) is 7.07. The first-order chi connectivity index (χ1) is 12.6. The highest BCUT2D eigenvalue weighted by Crippen LogP contribution is 2.31. The number of benzene rings is 1. The molecule has 1 fully saturated rings. The van der Waals surface area contributed by atoms with Crippen molar-refractivity contribution in [1.29, 1.82) is 0 Å². The van der Waals surface area contributed by atoms with Crippen LogP contribution in [0.25, 0.3) is 0 Å². The molecule has 136 valence electrons. The van der Waals surface area contributed by atoms with Gasteiger partial charge in [0.15, 0.2) is 0 Å². The van der Waals surface area contributed by atoms with E-state index < -0.39 is 6.04 Å². The number of piperidine rings is 1. The summed E-state index contributed by atoms with van der Waals surface area (Å²) in [6, 6.07) is 4.58. The van der Waals surface area contributed by atoms with Crippen LogP contribution in [-0.4, -0.2) is 40.6 Å². The number of rotatable bonds is 3.